The number of rotatable bonds is 4. The number of hydrogen-bond donors (Lipinski definition) is 1. The molecule has 1 aromatic carbocycles. The maximum absolute atomic E-state index is 12.2. The predicted molar refractivity (Wildman–Crippen MR) is 97.5 cm³/mol. The van der Waals surface area contributed by atoms with Crippen LogP contribution in [0.15, 0.2) is 35.7 Å². The van der Waals surface area contributed by atoms with Crippen molar-refractivity contribution < 1.29 is 14.4 Å². The summed E-state index contributed by atoms with van der Waals surface area (Å²) in [5.41, 5.74) is 1.76. The van der Waals surface area contributed by atoms with Crippen LogP contribution in [0.5, 0.6) is 0 Å². The van der Waals surface area contributed by atoms with E-state index in [1.54, 1.807) is 11.3 Å². The lowest BCUT2D eigenvalue weighted by Gasteiger charge is -2.13. The average molecular weight is 371 g/mol. The first-order valence-electron chi connectivity index (χ1n) is 7.68. The Labute approximate surface area is 151 Å². The topological polar surface area (TPSA) is 79.4 Å². The van der Waals surface area contributed by atoms with Gasteiger partial charge in [-0.2, -0.15) is 0 Å². The third-order valence-electron chi connectivity index (χ3n) is 3.90. The van der Waals surface area contributed by atoms with E-state index in [1.807, 2.05) is 35.7 Å². The van der Waals surface area contributed by atoms with E-state index in [-0.39, 0.29) is 37.1 Å². The van der Waals surface area contributed by atoms with Gasteiger partial charge in [-0.05, 0) is 23.6 Å². The minimum absolute atomic E-state index is 0.183. The fourth-order valence-electron chi connectivity index (χ4n) is 2.67. The first-order valence-corrected chi connectivity index (χ1v) is 9.38. The highest BCUT2D eigenvalue weighted by atomic mass is 32.1. The van der Waals surface area contributed by atoms with E-state index in [9.17, 15) is 14.4 Å². The van der Waals surface area contributed by atoms with Crippen LogP contribution in [-0.4, -0.2) is 34.2 Å². The Kier molecular flexibility index (Phi) is 4.06. The largest absolute Gasteiger partial charge is 0.316 e. The summed E-state index contributed by atoms with van der Waals surface area (Å²) in [7, 11) is 0. The fraction of sp³-hybridized carbons (Fsp3) is 0.176. The maximum atomic E-state index is 12.2. The number of carbonyl (C=O) groups excluding carboxylic acids is 3. The van der Waals surface area contributed by atoms with Gasteiger partial charge in [-0.3, -0.25) is 19.3 Å². The number of thiophene rings is 1. The third-order valence-corrected chi connectivity index (χ3v) is 5.80. The molecule has 1 saturated heterocycles. The molecular formula is C17H13N3O3S2. The van der Waals surface area contributed by atoms with Gasteiger partial charge in [0.15, 0.2) is 0 Å². The van der Waals surface area contributed by atoms with Crippen LogP contribution in [0.1, 0.15) is 12.8 Å². The van der Waals surface area contributed by atoms with Gasteiger partial charge < -0.3 is 5.32 Å². The quantitative estimate of drug-likeness (QED) is 0.715. The van der Waals surface area contributed by atoms with Gasteiger partial charge in [0.2, 0.25) is 17.7 Å². The van der Waals surface area contributed by atoms with Crippen LogP contribution in [0, 0.1) is 0 Å². The van der Waals surface area contributed by atoms with Gasteiger partial charge in [-0.15, -0.1) is 22.7 Å². The SMILES string of the molecule is O=C(CN1C(=O)CCC1=O)Nc1sccc1-c1nc2ccccc2s1. The van der Waals surface area contributed by atoms with Crippen molar-refractivity contribution in [2.24, 2.45) is 0 Å². The molecule has 0 radical (unpaired) electrons. The van der Waals surface area contributed by atoms with Gasteiger partial charge in [0.1, 0.15) is 16.6 Å². The van der Waals surface area contributed by atoms with Crippen molar-refractivity contribution in [2.45, 2.75) is 12.8 Å². The number of aromatic nitrogens is 1. The molecule has 126 valence electrons. The Hall–Kier alpha value is -2.58. The number of benzene rings is 1. The number of nitrogens with one attached hydrogen (secondary N) is 1. The highest BCUT2D eigenvalue weighted by molar-refractivity contribution is 7.22. The lowest BCUT2D eigenvalue weighted by Crippen LogP contribution is -2.36. The number of likely N-dealkylation sites (tertiary alicyclic amines) is 1. The molecular weight excluding hydrogens is 358 g/mol. The van der Waals surface area contributed by atoms with Gasteiger partial charge in [0.25, 0.3) is 0 Å². The number of imide groups is 1. The van der Waals surface area contributed by atoms with Crippen LogP contribution in [0.25, 0.3) is 20.8 Å². The number of anilines is 1. The molecule has 25 heavy (non-hydrogen) atoms. The number of amides is 3. The summed E-state index contributed by atoms with van der Waals surface area (Å²) in [5, 5.41) is 6.17. The zero-order chi connectivity index (χ0) is 17.4. The molecule has 1 aliphatic rings. The molecule has 4 rings (SSSR count). The van der Waals surface area contributed by atoms with Gasteiger partial charge in [-0.1, -0.05) is 12.1 Å². The van der Waals surface area contributed by atoms with Crippen molar-refractivity contribution in [3.05, 3.63) is 35.7 Å². The Balaban J connectivity index is 1.54. The molecule has 1 aliphatic heterocycles. The Morgan fingerprint density at radius 3 is 2.68 bits per heavy atom. The highest BCUT2D eigenvalue weighted by Crippen LogP contribution is 2.37. The minimum Gasteiger partial charge on any atom is -0.316 e. The maximum Gasteiger partial charge on any atom is 0.245 e. The number of nitrogens with zero attached hydrogens (tertiary/aromatic N) is 2. The zero-order valence-corrected chi connectivity index (χ0v) is 14.7. The number of carbonyl (C=O) groups is 3. The van der Waals surface area contributed by atoms with Crippen LogP contribution in [0.3, 0.4) is 0 Å². The third kappa shape index (κ3) is 3.06. The van der Waals surface area contributed by atoms with Crippen LogP contribution < -0.4 is 5.32 Å². The summed E-state index contributed by atoms with van der Waals surface area (Å²) in [4.78, 5) is 41.1. The standard InChI is InChI=1S/C17H13N3O3S2/c21-13(9-20-14(22)5-6-15(20)23)19-16-10(7-8-24-16)17-18-11-3-1-2-4-12(11)25-17/h1-4,7-8H,5-6,9H2,(H,19,21). The Bertz CT molecular complexity index is 943. The van der Waals surface area contributed by atoms with Crippen molar-refractivity contribution in [2.75, 3.05) is 11.9 Å². The fourth-order valence-corrected chi connectivity index (χ4v) is 4.54. The zero-order valence-electron chi connectivity index (χ0n) is 13.0. The van der Waals surface area contributed by atoms with E-state index >= 15 is 0 Å². The first-order chi connectivity index (χ1) is 12.1. The molecule has 0 aliphatic carbocycles. The molecule has 0 bridgehead atoms. The summed E-state index contributed by atoms with van der Waals surface area (Å²) in [6.07, 6.45) is 0.365. The minimum atomic E-state index is -0.381. The van der Waals surface area contributed by atoms with E-state index in [0.717, 1.165) is 25.7 Å². The van der Waals surface area contributed by atoms with Crippen molar-refractivity contribution >= 4 is 55.6 Å². The summed E-state index contributed by atoms with van der Waals surface area (Å²) >= 11 is 2.94. The Morgan fingerprint density at radius 1 is 1.16 bits per heavy atom. The summed E-state index contributed by atoms with van der Waals surface area (Å²) in [6.45, 7) is -0.241. The molecule has 0 saturated carbocycles. The second kappa shape index (κ2) is 6.38. The van der Waals surface area contributed by atoms with E-state index < -0.39 is 0 Å². The normalized spacial score (nSPS) is 14.5. The van der Waals surface area contributed by atoms with Gasteiger partial charge >= 0.3 is 0 Å². The lowest BCUT2D eigenvalue weighted by atomic mass is 10.3. The number of para-hydroxylation sites is 1. The van der Waals surface area contributed by atoms with E-state index in [2.05, 4.69) is 10.3 Å². The molecule has 6 nitrogen and oxygen atoms in total. The molecule has 3 amide bonds. The molecule has 1 N–H and O–H groups in total. The molecule has 3 heterocycles. The first kappa shape index (κ1) is 15.9. The van der Waals surface area contributed by atoms with Crippen LogP contribution in [-0.2, 0) is 14.4 Å². The van der Waals surface area contributed by atoms with Crippen LogP contribution in [0.2, 0.25) is 0 Å². The predicted octanol–water partition coefficient (Wildman–Crippen LogP) is 3.11. The molecule has 8 heteroatoms. The molecule has 0 atom stereocenters. The highest BCUT2D eigenvalue weighted by Gasteiger charge is 2.30. The lowest BCUT2D eigenvalue weighted by molar-refractivity contribution is -0.141. The van der Waals surface area contributed by atoms with Crippen molar-refractivity contribution in [1.82, 2.24) is 9.88 Å². The van der Waals surface area contributed by atoms with Crippen LogP contribution >= 0.6 is 22.7 Å². The second-order valence-electron chi connectivity index (χ2n) is 5.57. The number of thiazole rings is 1. The van der Waals surface area contributed by atoms with Gasteiger partial charge in [0.05, 0.1) is 10.2 Å². The van der Waals surface area contributed by atoms with Gasteiger partial charge in [0, 0.05) is 18.4 Å². The molecule has 3 aromatic rings. The summed E-state index contributed by atoms with van der Waals surface area (Å²) in [5.74, 6) is -0.969. The van der Waals surface area contributed by atoms with Crippen molar-refractivity contribution in [3.8, 4) is 10.6 Å². The Morgan fingerprint density at radius 2 is 1.92 bits per heavy atom. The average Bonchev–Trinajstić information content (AvgIpc) is 3.29. The summed E-state index contributed by atoms with van der Waals surface area (Å²) in [6, 6.07) is 9.76. The van der Waals surface area contributed by atoms with E-state index in [1.165, 1.54) is 11.3 Å². The van der Waals surface area contributed by atoms with E-state index in [0.29, 0.717) is 5.00 Å². The van der Waals surface area contributed by atoms with E-state index in [4.69, 9.17) is 0 Å². The van der Waals surface area contributed by atoms with Gasteiger partial charge in [-0.25, -0.2) is 4.98 Å². The number of fused-ring (bicyclic) bond motifs is 1. The van der Waals surface area contributed by atoms with Crippen LogP contribution in [0.4, 0.5) is 5.00 Å². The monoisotopic (exact) mass is 371 g/mol. The molecule has 0 spiro atoms. The second-order valence-corrected chi connectivity index (χ2v) is 7.52. The van der Waals surface area contributed by atoms with Crippen molar-refractivity contribution in [1.29, 1.82) is 0 Å². The smallest absolute Gasteiger partial charge is 0.245 e. The van der Waals surface area contributed by atoms with Crippen molar-refractivity contribution in [3.63, 3.8) is 0 Å². The molecule has 2 aromatic heterocycles. The number of hydrogen-bond acceptors (Lipinski definition) is 6. The molecule has 0 unspecified atom stereocenters. The molecule has 1 fully saturated rings. The summed E-state index contributed by atoms with van der Waals surface area (Å²) < 4.78 is 1.08.